The number of carbonyl (C=O) groups is 1. The van der Waals surface area contributed by atoms with Crippen LogP contribution < -0.4 is 0 Å². The lowest BCUT2D eigenvalue weighted by atomic mass is 10.2. The minimum Gasteiger partial charge on any atom is -0.342 e. The molecule has 0 saturated carbocycles. The zero-order valence-corrected chi connectivity index (χ0v) is 14.8. The lowest BCUT2D eigenvalue weighted by Gasteiger charge is -2.19. The highest BCUT2D eigenvalue weighted by atomic mass is 35.7. The first kappa shape index (κ1) is 18.6. The number of amides is 1. The smallest absolute Gasteiger partial charge is 0.262 e. The maximum absolute atomic E-state index is 12.4. The van der Waals surface area contributed by atoms with Crippen molar-refractivity contribution in [3.05, 3.63) is 27.7 Å². The van der Waals surface area contributed by atoms with Crippen molar-refractivity contribution >= 4 is 48.8 Å². The fourth-order valence-electron chi connectivity index (χ4n) is 1.81. The summed E-state index contributed by atoms with van der Waals surface area (Å²) in [4.78, 5) is 13.5. The largest absolute Gasteiger partial charge is 0.342 e. The molecule has 0 fully saturated rings. The summed E-state index contributed by atoms with van der Waals surface area (Å²) in [6.07, 6.45) is 2.88. The molecule has 0 atom stereocenters. The lowest BCUT2D eigenvalue weighted by Crippen LogP contribution is -2.28. The van der Waals surface area contributed by atoms with Crippen LogP contribution in [0.25, 0.3) is 0 Å². The lowest BCUT2D eigenvalue weighted by molar-refractivity contribution is 0.0793. The molecule has 0 aliphatic heterocycles. The van der Waals surface area contributed by atoms with E-state index in [1.165, 1.54) is 17.0 Å². The van der Waals surface area contributed by atoms with Crippen molar-refractivity contribution in [2.75, 3.05) is 13.6 Å². The molecular formula is C13H16Cl3NO3S. The van der Waals surface area contributed by atoms with E-state index in [2.05, 4.69) is 6.92 Å². The third-order valence-electron chi connectivity index (χ3n) is 2.98. The molecule has 0 radical (unpaired) electrons. The second-order valence-corrected chi connectivity index (χ2v) is 7.93. The highest BCUT2D eigenvalue weighted by Gasteiger charge is 2.25. The van der Waals surface area contributed by atoms with Crippen molar-refractivity contribution in [1.29, 1.82) is 0 Å². The van der Waals surface area contributed by atoms with Crippen molar-refractivity contribution < 1.29 is 13.2 Å². The van der Waals surface area contributed by atoms with Crippen LogP contribution in [-0.2, 0) is 9.05 Å². The Labute approximate surface area is 139 Å². The summed E-state index contributed by atoms with van der Waals surface area (Å²) < 4.78 is 22.9. The van der Waals surface area contributed by atoms with Gasteiger partial charge in [-0.05, 0) is 18.6 Å². The summed E-state index contributed by atoms with van der Waals surface area (Å²) in [6, 6.07) is 2.48. The Kier molecular flexibility index (Phi) is 6.78. The summed E-state index contributed by atoms with van der Waals surface area (Å²) in [5, 5.41) is -0.152. The van der Waals surface area contributed by atoms with Crippen LogP contribution in [-0.4, -0.2) is 32.8 Å². The SMILES string of the molecule is CCCCCN(C)C(=O)c1c(Cl)ccc(S(=O)(=O)Cl)c1Cl. The minimum atomic E-state index is -4.04. The third kappa shape index (κ3) is 4.74. The Bertz CT molecular complexity index is 632. The molecule has 0 aliphatic carbocycles. The van der Waals surface area contributed by atoms with Crippen LogP contribution in [0.1, 0.15) is 36.5 Å². The number of hydrogen-bond acceptors (Lipinski definition) is 3. The number of nitrogens with zero attached hydrogens (tertiary/aromatic N) is 1. The minimum absolute atomic E-state index is 0.0425. The first-order valence-corrected chi connectivity index (χ1v) is 9.44. The molecule has 0 heterocycles. The molecule has 21 heavy (non-hydrogen) atoms. The van der Waals surface area contributed by atoms with Crippen molar-refractivity contribution in [2.45, 2.75) is 31.1 Å². The second-order valence-electron chi connectivity index (χ2n) is 4.61. The van der Waals surface area contributed by atoms with Gasteiger partial charge in [-0.25, -0.2) is 8.42 Å². The summed E-state index contributed by atoms with van der Waals surface area (Å²) >= 11 is 12.0. The summed E-state index contributed by atoms with van der Waals surface area (Å²) in [6.45, 7) is 2.60. The molecule has 0 bridgehead atoms. The van der Waals surface area contributed by atoms with E-state index in [0.717, 1.165) is 19.3 Å². The van der Waals surface area contributed by atoms with E-state index in [4.69, 9.17) is 33.9 Å². The van der Waals surface area contributed by atoms with E-state index in [1.54, 1.807) is 7.05 Å². The number of carbonyl (C=O) groups excluding carboxylic acids is 1. The number of rotatable bonds is 6. The highest BCUT2D eigenvalue weighted by molar-refractivity contribution is 8.13. The molecule has 8 heteroatoms. The summed E-state index contributed by atoms with van der Waals surface area (Å²) in [5.41, 5.74) is -0.0425. The Morgan fingerprint density at radius 2 is 1.86 bits per heavy atom. The van der Waals surface area contributed by atoms with Crippen LogP contribution >= 0.6 is 33.9 Å². The molecule has 118 valence electrons. The molecule has 0 aliphatic rings. The van der Waals surface area contributed by atoms with Crippen molar-refractivity contribution in [1.82, 2.24) is 4.90 Å². The number of benzene rings is 1. The zero-order chi connectivity index (χ0) is 16.2. The molecule has 0 aromatic heterocycles. The molecule has 0 N–H and O–H groups in total. The van der Waals surface area contributed by atoms with Crippen LogP contribution in [0, 0.1) is 0 Å². The number of hydrogen-bond donors (Lipinski definition) is 0. The molecule has 1 aromatic carbocycles. The maximum Gasteiger partial charge on any atom is 0.262 e. The quantitative estimate of drug-likeness (QED) is 0.556. The third-order valence-corrected chi connectivity index (χ3v) is 5.16. The monoisotopic (exact) mass is 371 g/mol. The van der Waals surface area contributed by atoms with Crippen LogP contribution in [0.5, 0.6) is 0 Å². The summed E-state index contributed by atoms with van der Waals surface area (Å²) in [5.74, 6) is -0.428. The van der Waals surface area contributed by atoms with Crippen molar-refractivity contribution in [2.24, 2.45) is 0 Å². The topological polar surface area (TPSA) is 54.5 Å². The fourth-order valence-corrected chi connectivity index (χ4v) is 3.70. The van der Waals surface area contributed by atoms with Gasteiger partial charge in [-0.2, -0.15) is 0 Å². The van der Waals surface area contributed by atoms with E-state index in [0.29, 0.717) is 6.54 Å². The van der Waals surface area contributed by atoms with E-state index in [9.17, 15) is 13.2 Å². The van der Waals surface area contributed by atoms with Gasteiger partial charge in [0.25, 0.3) is 15.0 Å². The Morgan fingerprint density at radius 3 is 2.38 bits per heavy atom. The number of unbranched alkanes of at least 4 members (excludes halogenated alkanes) is 2. The maximum atomic E-state index is 12.4. The first-order valence-electron chi connectivity index (χ1n) is 6.38. The Balaban J connectivity index is 3.15. The normalized spacial score (nSPS) is 11.5. The van der Waals surface area contributed by atoms with Crippen LogP contribution in [0.4, 0.5) is 0 Å². The second kappa shape index (κ2) is 7.68. The van der Waals surface area contributed by atoms with Gasteiger partial charge in [-0.1, -0.05) is 43.0 Å². The van der Waals surface area contributed by atoms with Gasteiger partial charge >= 0.3 is 0 Å². The van der Waals surface area contributed by atoms with E-state index < -0.39 is 15.0 Å². The van der Waals surface area contributed by atoms with Crippen LogP contribution in [0.15, 0.2) is 17.0 Å². The van der Waals surface area contributed by atoms with Crippen molar-refractivity contribution in [3.63, 3.8) is 0 Å². The fraction of sp³-hybridized carbons (Fsp3) is 0.462. The molecule has 0 saturated heterocycles. The molecular weight excluding hydrogens is 357 g/mol. The zero-order valence-electron chi connectivity index (χ0n) is 11.7. The number of halogens is 3. The molecule has 1 amide bonds. The molecule has 0 unspecified atom stereocenters. The van der Waals surface area contributed by atoms with Gasteiger partial charge in [-0.15, -0.1) is 0 Å². The molecule has 4 nitrogen and oxygen atoms in total. The van der Waals surface area contributed by atoms with E-state index >= 15 is 0 Å². The van der Waals surface area contributed by atoms with Crippen LogP contribution in [0.3, 0.4) is 0 Å². The van der Waals surface area contributed by atoms with Gasteiger partial charge in [0.2, 0.25) is 0 Å². The van der Waals surface area contributed by atoms with Gasteiger partial charge in [-0.3, -0.25) is 4.79 Å². The van der Waals surface area contributed by atoms with Gasteiger partial charge < -0.3 is 4.90 Å². The summed E-state index contributed by atoms with van der Waals surface area (Å²) in [7, 11) is 2.87. The predicted octanol–water partition coefficient (Wildman–Crippen LogP) is 4.18. The standard InChI is InChI=1S/C13H16Cl3NO3S/c1-3-4-5-8-17(2)13(18)11-9(14)6-7-10(12(11)15)21(16,19)20/h6-7H,3-5,8H2,1-2H3. The first-order chi connectivity index (χ1) is 9.70. The Morgan fingerprint density at radius 1 is 1.24 bits per heavy atom. The molecule has 1 aromatic rings. The Hall–Kier alpha value is -0.490. The molecule has 1 rings (SSSR count). The average molecular weight is 373 g/mol. The van der Waals surface area contributed by atoms with Gasteiger partial charge in [0.05, 0.1) is 15.6 Å². The highest BCUT2D eigenvalue weighted by Crippen LogP contribution is 2.33. The average Bonchev–Trinajstić information content (AvgIpc) is 2.37. The van der Waals surface area contributed by atoms with Crippen LogP contribution in [0.2, 0.25) is 10.0 Å². The van der Waals surface area contributed by atoms with Crippen molar-refractivity contribution in [3.8, 4) is 0 Å². The van der Waals surface area contributed by atoms with Gasteiger partial charge in [0.15, 0.2) is 0 Å². The van der Waals surface area contributed by atoms with Gasteiger partial charge in [0, 0.05) is 24.3 Å². The van der Waals surface area contributed by atoms with E-state index in [-0.39, 0.29) is 20.5 Å². The predicted molar refractivity (Wildman–Crippen MR) is 86.0 cm³/mol. The van der Waals surface area contributed by atoms with E-state index in [1.807, 2.05) is 0 Å². The van der Waals surface area contributed by atoms with Gasteiger partial charge in [0.1, 0.15) is 4.90 Å². The molecule has 0 spiro atoms.